The highest BCUT2D eigenvalue weighted by Crippen LogP contribution is 2.20. The van der Waals surface area contributed by atoms with Gasteiger partial charge in [0.1, 0.15) is 17.4 Å². The number of hydrogen-bond donors (Lipinski definition) is 1. The fourth-order valence-electron chi connectivity index (χ4n) is 2.57. The fourth-order valence-corrected chi connectivity index (χ4v) is 2.57. The molecule has 0 aromatic heterocycles. The van der Waals surface area contributed by atoms with E-state index in [9.17, 15) is 14.9 Å². The van der Waals surface area contributed by atoms with Crippen LogP contribution in [0.2, 0.25) is 0 Å². The zero-order valence-electron chi connectivity index (χ0n) is 16.8. The quantitative estimate of drug-likeness (QED) is 0.411. The van der Waals surface area contributed by atoms with Crippen molar-refractivity contribution in [2.24, 2.45) is 0 Å². The molecular weight excluding hydrogens is 368 g/mol. The summed E-state index contributed by atoms with van der Waals surface area (Å²) in [6, 6.07) is 16.2. The van der Waals surface area contributed by atoms with E-state index >= 15 is 0 Å². The van der Waals surface area contributed by atoms with E-state index in [1.165, 1.54) is 18.7 Å². The fraction of sp³-hybridized carbons (Fsp3) is 0.261. The van der Waals surface area contributed by atoms with Gasteiger partial charge in [-0.3, -0.25) is 4.79 Å². The Hall–Kier alpha value is -3.59. The molecule has 0 heterocycles. The number of rotatable bonds is 8. The molecule has 6 heteroatoms. The lowest BCUT2D eigenvalue weighted by atomic mass is 9.99. The summed E-state index contributed by atoms with van der Waals surface area (Å²) in [7, 11) is 1.53. The molecule has 0 aliphatic rings. The number of esters is 1. The number of nitrogens with zero attached hydrogens (tertiary/aromatic N) is 1. The van der Waals surface area contributed by atoms with E-state index in [-0.39, 0.29) is 5.57 Å². The van der Waals surface area contributed by atoms with Crippen LogP contribution in [0.5, 0.6) is 5.75 Å². The molecule has 6 nitrogen and oxygen atoms in total. The highest BCUT2D eigenvalue weighted by Gasteiger charge is 2.14. The van der Waals surface area contributed by atoms with Crippen molar-refractivity contribution in [3.05, 3.63) is 65.2 Å². The van der Waals surface area contributed by atoms with Gasteiger partial charge in [0, 0.05) is 5.69 Å². The van der Waals surface area contributed by atoms with Gasteiger partial charge in [0.25, 0.3) is 5.91 Å². The minimum atomic E-state index is -0.863. The first-order valence-electron chi connectivity index (χ1n) is 9.29. The summed E-state index contributed by atoms with van der Waals surface area (Å²) in [6.45, 7) is 3.77. The van der Waals surface area contributed by atoms with Crippen molar-refractivity contribution in [2.45, 2.75) is 26.2 Å². The van der Waals surface area contributed by atoms with E-state index in [1.54, 1.807) is 30.3 Å². The number of ether oxygens (including phenoxy) is 2. The Balaban J connectivity index is 1.93. The first-order valence-corrected chi connectivity index (χ1v) is 9.29. The van der Waals surface area contributed by atoms with Gasteiger partial charge in [0.2, 0.25) is 0 Å². The van der Waals surface area contributed by atoms with E-state index < -0.39 is 18.5 Å². The van der Waals surface area contributed by atoms with Gasteiger partial charge in [-0.1, -0.05) is 38.1 Å². The predicted molar refractivity (Wildman–Crippen MR) is 111 cm³/mol. The maximum atomic E-state index is 12.1. The molecule has 150 valence electrons. The van der Waals surface area contributed by atoms with Gasteiger partial charge in [-0.15, -0.1) is 0 Å². The minimum Gasteiger partial charge on any atom is -0.497 e. The van der Waals surface area contributed by atoms with Crippen LogP contribution in [0.4, 0.5) is 5.69 Å². The lowest BCUT2D eigenvalue weighted by molar-refractivity contribution is -0.142. The number of anilines is 1. The SMILES string of the molecule is CC[C@@H](C)c1ccc(NC(=O)COC(=O)/C(C#N)=C/c2cccc(OC)c2)cc1. The van der Waals surface area contributed by atoms with Gasteiger partial charge in [-0.2, -0.15) is 5.26 Å². The number of nitrogens with one attached hydrogen (secondary N) is 1. The largest absolute Gasteiger partial charge is 0.497 e. The van der Waals surface area contributed by atoms with Crippen LogP contribution in [-0.4, -0.2) is 25.6 Å². The van der Waals surface area contributed by atoms with Gasteiger partial charge in [-0.05, 0) is 53.8 Å². The standard InChI is InChI=1S/C23H24N2O4/c1-4-16(2)18-8-10-20(11-9-18)25-22(26)15-29-23(27)19(14-24)12-17-6-5-7-21(13-17)28-3/h5-13,16H,4,15H2,1-3H3,(H,25,26)/b19-12+/t16-/m1/s1. The molecular formula is C23H24N2O4. The lowest BCUT2D eigenvalue weighted by Gasteiger charge is -2.10. The monoisotopic (exact) mass is 392 g/mol. The molecule has 0 aliphatic carbocycles. The van der Waals surface area contributed by atoms with Crippen LogP contribution in [0, 0.1) is 11.3 Å². The molecule has 1 N–H and O–H groups in total. The topological polar surface area (TPSA) is 88.4 Å². The Morgan fingerprint density at radius 1 is 1.21 bits per heavy atom. The maximum absolute atomic E-state index is 12.1. The lowest BCUT2D eigenvalue weighted by Crippen LogP contribution is -2.21. The molecule has 0 spiro atoms. The summed E-state index contributed by atoms with van der Waals surface area (Å²) in [4.78, 5) is 24.2. The minimum absolute atomic E-state index is 0.205. The third kappa shape index (κ3) is 6.51. The first-order chi connectivity index (χ1) is 14.0. The number of benzene rings is 2. The molecule has 0 fully saturated rings. The maximum Gasteiger partial charge on any atom is 0.349 e. The van der Waals surface area contributed by atoms with Gasteiger partial charge < -0.3 is 14.8 Å². The summed E-state index contributed by atoms with van der Waals surface area (Å²) in [5.74, 6) is -0.296. The Morgan fingerprint density at radius 2 is 1.93 bits per heavy atom. The second-order valence-electron chi connectivity index (χ2n) is 6.50. The summed E-state index contributed by atoms with van der Waals surface area (Å²) in [5.41, 5.74) is 2.22. The molecule has 0 aliphatic heterocycles. The molecule has 2 rings (SSSR count). The van der Waals surface area contributed by atoms with E-state index in [0.717, 1.165) is 6.42 Å². The summed E-state index contributed by atoms with van der Waals surface area (Å²) in [6.07, 6.45) is 2.42. The molecule has 0 saturated heterocycles. The third-order valence-electron chi connectivity index (χ3n) is 4.46. The molecule has 0 bridgehead atoms. The van der Waals surface area contributed by atoms with Crippen molar-refractivity contribution < 1.29 is 19.1 Å². The van der Waals surface area contributed by atoms with Crippen LogP contribution < -0.4 is 10.1 Å². The molecule has 2 aromatic rings. The number of amides is 1. The van der Waals surface area contributed by atoms with Crippen LogP contribution in [0.25, 0.3) is 6.08 Å². The van der Waals surface area contributed by atoms with Gasteiger partial charge >= 0.3 is 5.97 Å². The highest BCUT2D eigenvalue weighted by atomic mass is 16.5. The van der Waals surface area contributed by atoms with Crippen LogP contribution in [0.15, 0.2) is 54.1 Å². The Bertz CT molecular complexity index is 927. The summed E-state index contributed by atoms with van der Waals surface area (Å²) >= 11 is 0. The van der Waals surface area contributed by atoms with Crippen LogP contribution in [-0.2, 0) is 14.3 Å². The zero-order chi connectivity index (χ0) is 21.2. The number of methoxy groups -OCH3 is 1. The van der Waals surface area contributed by atoms with E-state index in [4.69, 9.17) is 9.47 Å². The molecule has 2 aromatic carbocycles. The average molecular weight is 392 g/mol. The second-order valence-corrected chi connectivity index (χ2v) is 6.50. The van der Waals surface area contributed by atoms with Crippen molar-refractivity contribution in [3.8, 4) is 11.8 Å². The molecule has 0 unspecified atom stereocenters. The predicted octanol–water partition coefficient (Wildman–Crippen LogP) is 4.30. The van der Waals surface area contributed by atoms with E-state index in [1.807, 2.05) is 24.3 Å². The number of carbonyl (C=O) groups is 2. The second kappa shape index (κ2) is 10.7. The van der Waals surface area contributed by atoms with Crippen LogP contribution in [0.1, 0.15) is 37.3 Å². The normalized spacial score (nSPS) is 11.9. The molecule has 0 saturated carbocycles. The molecule has 1 amide bonds. The Morgan fingerprint density at radius 3 is 2.55 bits per heavy atom. The average Bonchev–Trinajstić information content (AvgIpc) is 2.75. The third-order valence-corrected chi connectivity index (χ3v) is 4.46. The number of nitriles is 1. The molecule has 0 radical (unpaired) electrons. The highest BCUT2D eigenvalue weighted by molar-refractivity contribution is 6.00. The molecule has 1 atom stereocenters. The van der Waals surface area contributed by atoms with Crippen LogP contribution in [0.3, 0.4) is 0 Å². The smallest absolute Gasteiger partial charge is 0.349 e. The number of hydrogen-bond acceptors (Lipinski definition) is 5. The zero-order valence-corrected chi connectivity index (χ0v) is 16.8. The van der Waals surface area contributed by atoms with Crippen molar-refractivity contribution >= 4 is 23.6 Å². The van der Waals surface area contributed by atoms with Crippen molar-refractivity contribution in [1.29, 1.82) is 5.26 Å². The van der Waals surface area contributed by atoms with Gasteiger partial charge in [0.15, 0.2) is 6.61 Å². The summed E-state index contributed by atoms with van der Waals surface area (Å²) < 4.78 is 10.1. The van der Waals surface area contributed by atoms with Crippen LogP contribution >= 0.6 is 0 Å². The molecule has 29 heavy (non-hydrogen) atoms. The number of carbonyl (C=O) groups excluding carboxylic acids is 2. The van der Waals surface area contributed by atoms with Crippen molar-refractivity contribution in [2.75, 3.05) is 19.0 Å². The Kier molecular flexibility index (Phi) is 7.99. The van der Waals surface area contributed by atoms with E-state index in [0.29, 0.717) is 22.9 Å². The van der Waals surface area contributed by atoms with E-state index in [2.05, 4.69) is 19.2 Å². The van der Waals surface area contributed by atoms with Crippen molar-refractivity contribution in [1.82, 2.24) is 0 Å². The van der Waals surface area contributed by atoms with Gasteiger partial charge in [0.05, 0.1) is 7.11 Å². The van der Waals surface area contributed by atoms with Crippen molar-refractivity contribution in [3.63, 3.8) is 0 Å². The first kappa shape index (κ1) is 21.7. The Labute approximate surface area is 170 Å². The van der Waals surface area contributed by atoms with Gasteiger partial charge in [-0.25, -0.2) is 4.79 Å². The summed E-state index contributed by atoms with van der Waals surface area (Å²) in [5, 5.41) is 11.9.